The van der Waals surface area contributed by atoms with Crippen LogP contribution in [0.4, 0.5) is 0 Å². The van der Waals surface area contributed by atoms with Gasteiger partial charge in [-0.3, -0.25) is 8.98 Å². The Labute approximate surface area is 177 Å². The van der Waals surface area contributed by atoms with Gasteiger partial charge in [0.25, 0.3) is 10.1 Å². The topological polar surface area (TPSA) is 107 Å². The summed E-state index contributed by atoms with van der Waals surface area (Å²) in [5, 5.41) is 1.61. The number of ether oxygens (including phenoxy) is 1. The van der Waals surface area contributed by atoms with Gasteiger partial charge in [0.1, 0.15) is 11.6 Å². The molecule has 1 heterocycles. The zero-order valence-electron chi connectivity index (χ0n) is 17.2. The van der Waals surface area contributed by atoms with Crippen LogP contribution in [0.1, 0.15) is 27.2 Å². The van der Waals surface area contributed by atoms with E-state index >= 15 is 0 Å². The molecule has 0 spiro atoms. The molecule has 0 radical (unpaired) electrons. The zero-order chi connectivity index (χ0) is 22.3. The Kier molecular flexibility index (Phi) is 5.98. The molecule has 0 bridgehead atoms. The number of hydrogen-bond acceptors (Lipinski definition) is 7. The van der Waals surface area contributed by atoms with Crippen LogP contribution in [-0.4, -0.2) is 57.7 Å². The van der Waals surface area contributed by atoms with Crippen LogP contribution in [-0.2, 0) is 33.9 Å². The van der Waals surface area contributed by atoms with E-state index in [1.54, 1.807) is 39.0 Å². The predicted molar refractivity (Wildman–Crippen MR) is 112 cm³/mol. The van der Waals surface area contributed by atoms with Gasteiger partial charge < -0.3 is 4.74 Å². The molecule has 1 aliphatic heterocycles. The first kappa shape index (κ1) is 22.7. The molecule has 0 N–H and O–H groups in total. The van der Waals surface area contributed by atoms with Gasteiger partial charge in [0.05, 0.1) is 17.3 Å². The Hall–Kier alpha value is -2.01. The van der Waals surface area contributed by atoms with Crippen LogP contribution in [0.25, 0.3) is 10.8 Å². The van der Waals surface area contributed by atoms with Gasteiger partial charge in [0.15, 0.2) is 0 Å². The van der Waals surface area contributed by atoms with Crippen molar-refractivity contribution in [3.05, 3.63) is 42.5 Å². The van der Waals surface area contributed by atoms with Gasteiger partial charge in [0, 0.05) is 13.0 Å². The quantitative estimate of drug-likeness (QED) is 0.503. The highest BCUT2D eigenvalue weighted by molar-refractivity contribution is 7.89. The summed E-state index contributed by atoms with van der Waals surface area (Å²) in [6.45, 7) is 4.75. The SMILES string of the molecule is CC(C)(C)OC(=O)C1CC(OS(C)(=O)=O)CN1S(=O)(=O)c1ccc2ccccc2c1. The average molecular weight is 456 g/mol. The molecule has 2 aromatic carbocycles. The minimum Gasteiger partial charge on any atom is -0.459 e. The molecule has 1 aliphatic rings. The van der Waals surface area contributed by atoms with E-state index in [9.17, 15) is 21.6 Å². The first-order valence-corrected chi connectivity index (χ1v) is 12.6. The van der Waals surface area contributed by atoms with E-state index in [2.05, 4.69) is 0 Å². The van der Waals surface area contributed by atoms with Crippen LogP contribution in [0, 0.1) is 0 Å². The molecule has 1 fully saturated rings. The number of carbonyl (C=O) groups excluding carboxylic acids is 1. The maximum Gasteiger partial charge on any atom is 0.325 e. The van der Waals surface area contributed by atoms with Crippen molar-refractivity contribution in [3.63, 3.8) is 0 Å². The zero-order valence-corrected chi connectivity index (χ0v) is 18.9. The second-order valence-electron chi connectivity index (χ2n) is 8.29. The number of esters is 1. The van der Waals surface area contributed by atoms with E-state index in [0.29, 0.717) is 0 Å². The number of carbonyl (C=O) groups is 1. The summed E-state index contributed by atoms with van der Waals surface area (Å²) in [6, 6.07) is 10.8. The van der Waals surface area contributed by atoms with Crippen LogP contribution >= 0.6 is 0 Å². The summed E-state index contributed by atoms with van der Waals surface area (Å²) >= 11 is 0. The minimum absolute atomic E-state index is 0.00904. The molecule has 3 rings (SSSR count). The Morgan fingerprint density at radius 2 is 1.67 bits per heavy atom. The van der Waals surface area contributed by atoms with Gasteiger partial charge in [-0.15, -0.1) is 0 Å². The fourth-order valence-electron chi connectivity index (χ4n) is 3.40. The third kappa shape index (κ3) is 5.18. The fourth-order valence-corrected chi connectivity index (χ4v) is 5.69. The maximum absolute atomic E-state index is 13.4. The highest BCUT2D eigenvalue weighted by Crippen LogP contribution is 2.31. The van der Waals surface area contributed by atoms with Crippen LogP contribution in [0.3, 0.4) is 0 Å². The van der Waals surface area contributed by atoms with Crippen LogP contribution in [0.2, 0.25) is 0 Å². The van der Waals surface area contributed by atoms with Gasteiger partial charge in [-0.1, -0.05) is 30.3 Å². The van der Waals surface area contributed by atoms with Crippen molar-refractivity contribution in [2.24, 2.45) is 0 Å². The van der Waals surface area contributed by atoms with Gasteiger partial charge in [-0.05, 0) is 43.7 Å². The molecule has 0 aliphatic carbocycles. The lowest BCUT2D eigenvalue weighted by atomic mass is 10.1. The lowest BCUT2D eigenvalue weighted by Crippen LogP contribution is -2.43. The molecule has 1 saturated heterocycles. The Bertz CT molecular complexity index is 1170. The molecule has 0 amide bonds. The number of hydrogen-bond donors (Lipinski definition) is 0. The third-order valence-corrected chi connectivity index (χ3v) is 7.03. The summed E-state index contributed by atoms with van der Waals surface area (Å²) < 4.78 is 61.2. The Morgan fingerprint density at radius 3 is 2.27 bits per heavy atom. The van der Waals surface area contributed by atoms with Crippen molar-refractivity contribution in [2.75, 3.05) is 12.8 Å². The predicted octanol–water partition coefficient (Wildman–Crippen LogP) is 2.29. The summed E-state index contributed by atoms with van der Waals surface area (Å²) in [6.07, 6.45) is -0.210. The number of nitrogens with zero attached hydrogens (tertiary/aromatic N) is 1. The molecular formula is C20H25NO7S2. The second kappa shape index (κ2) is 7.92. The molecule has 10 heteroatoms. The lowest BCUT2D eigenvalue weighted by Gasteiger charge is -2.26. The van der Waals surface area contributed by atoms with Gasteiger partial charge in [-0.2, -0.15) is 12.7 Å². The number of benzene rings is 2. The molecule has 164 valence electrons. The normalized spacial score (nSPS) is 21.1. The molecule has 8 nitrogen and oxygen atoms in total. The first-order chi connectivity index (χ1) is 13.8. The second-order valence-corrected chi connectivity index (χ2v) is 11.8. The number of sulfonamides is 1. The summed E-state index contributed by atoms with van der Waals surface area (Å²) in [7, 11) is -7.94. The van der Waals surface area contributed by atoms with Crippen LogP contribution in [0.5, 0.6) is 0 Å². The van der Waals surface area contributed by atoms with Crippen LogP contribution in [0.15, 0.2) is 47.4 Å². The third-order valence-electron chi connectivity index (χ3n) is 4.53. The fraction of sp³-hybridized carbons (Fsp3) is 0.450. The lowest BCUT2D eigenvalue weighted by molar-refractivity contribution is -0.158. The first-order valence-electron chi connectivity index (χ1n) is 9.38. The van der Waals surface area contributed by atoms with Crippen molar-refractivity contribution >= 4 is 36.9 Å². The highest BCUT2D eigenvalue weighted by atomic mass is 32.2. The average Bonchev–Trinajstić information content (AvgIpc) is 3.03. The molecule has 30 heavy (non-hydrogen) atoms. The van der Waals surface area contributed by atoms with Crippen molar-refractivity contribution < 1.29 is 30.6 Å². The van der Waals surface area contributed by atoms with E-state index in [1.807, 2.05) is 12.1 Å². The number of fused-ring (bicyclic) bond motifs is 1. The van der Waals surface area contributed by atoms with Crippen LogP contribution < -0.4 is 0 Å². The van der Waals surface area contributed by atoms with Crippen molar-refractivity contribution in [3.8, 4) is 0 Å². The van der Waals surface area contributed by atoms with Gasteiger partial charge >= 0.3 is 5.97 Å². The monoisotopic (exact) mass is 455 g/mol. The Morgan fingerprint density at radius 1 is 1.03 bits per heavy atom. The maximum atomic E-state index is 13.4. The van der Waals surface area contributed by atoms with Gasteiger partial charge in [0.2, 0.25) is 10.0 Å². The van der Waals surface area contributed by atoms with E-state index in [1.165, 1.54) is 12.1 Å². The van der Waals surface area contributed by atoms with E-state index < -0.39 is 43.9 Å². The van der Waals surface area contributed by atoms with Gasteiger partial charge in [-0.25, -0.2) is 8.42 Å². The molecule has 0 aromatic heterocycles. The van der Waals surface area contributed by atoms with Crippen molar-refractivity contribution in [1.82, 2.24) is 4.31 Å². The molecule has 2 aromatic rings. The summed E-state index contributed by atoms with van der Waals surface area (Å²) in [5.41, 5.74) is -0.828. The largest absolute Gasteiger partial charge is 0.459 e. The molecular weight excluding hydrogens is 430 g/mol. The van der Waals surface area contributed by atoms with Crippen molar-refractivity contribution in [2.45, 2.75) is 49.8 Å². The van der Waals surface area contributed by atoms with E-state index in [-0.39, 0.29) is 17.9 Å². The molecule has 0 saturated carbocycles. The molecule has 2 unspecified atom stereocenters. The Balaban J connectivity index is 1.99. The van der Waals surface area contributed by atoms with E-state index in [0.717, 1.165) is 21.3 Å². The highest BCUT2D eigenvalue weighted by Gasteiger charge is 2.47. The minimum atomic E-state index is -4.11. The number of rotatable bonds is 5. The smallest absolute Gasteiger partial charge is 0.325 e. The summed E-state index contributed by atoms with van der Waals surface area (Å²) in [4.78, 5) is 12.7. The molecule has 2 atom stereocenters. The standard InChI is InChI=1S/C20H25NO7S2/c1-20(2,3)27-19(22)18-12-16(28-29(4,23)24)13-21(18)30(25,26)17-10-9-14-7-5-6-8-15(14)11-17/h5-11,16,18H,12-13H2,1-4H3. The van der Waals surface area contributed by atoms with E-state index in [4.69, 9.17) is 8.92 Å². The summed E-state index contributed by atoms with van der Waals surface area (Å²) in [5.74, 6) is -0.744. The van der Waals surface area contributed by atoms with Crippen molar-refractivity contribution in [1.29, 1.82) is 0 Å².